The Morgan fingerprint density at radius 3 is 2.69 bits per heavy atom. The molecule has 3 aromatic rings. The average molecular weight is 400 g/mol. The average Bonchev–Trinajstić information content (AvgIpc) is 2.72. The highest BCUT2D eigenvalue weighted by Gasteiger charge is 2.25. The van der Waals surface area contributed by atoms with E-state index < -0.39 is 0 Å². The Hall–Kier alpha value is -2.45. The standard InChI is InChI=1S/C27H29NS/c1-4-5-11-22-17-24-15-14-23(26-13-7-6-10-21(26)3)18-27(24)28(19-22)29-25-12-8-9-20(2)16-25/h4,6-10,12-16,18,22H,1,5,11,17,19H2,2-3H3/t22-/m1/s1. The van der Waals surface area contributed by atoms with Crippen molar-refractivity contribution in [3.8, 4) is 11.1 Å². The largest absolute Gasteiger partial charge is 0.312 e. The summed E-state index contributed by atoms with van der Waals surface area (Å²) in [5.74, 6) is 0.669. The summed E-state index contributed by atoms with van der Waals surface area (Å²) in [6, 6.07) is 24.5. The molecule has 2 heteroatoms. The first kappa shape index (κ1) is 19.8. The molecule has 3 aromatic carbocycles. The third-order valence-electron chi connectivity index (χ3n) is 5.73. The number of benzene rings is 3. The van der Waals surface area contributed by atoms with Gasteiger partial charge in [0.05, 0.1) is 5.69 Å². The van der Waals surface area contributed by atoms with E-state index in [1.165, 1.54) is 44.8 Å². The number of hydrogen-bond acceptors (Lipinski definition) is 2. The van der Waals surface area contributed by atoms with Crippen molar-refractivity contribution in [3.05, 3.63) is 96.1 Å². The minimum atomic E-state index is 0.669. The molecule has 1 aliphatic rings. The molecule has 148 valence electrons. The van der Waals surface area contributed by atoms with Crippen LogP contribution in [0.15, 0.2) is 84.3 Å². The normalized spacial score (nSPS) is 15.8. The first-order valence-corrected chi connectivity index (χ1v) is 11.2. The second-order valence-electron chi connectivity index (χ2n) is 8.06. The molecule has 0 fully saturated rings. The van der Waals surface area contributed by atoms with Gasteiger partial charge in [-0.1, -0.05) is 54.6 Å². The fourth-order valence-corrected chi connectivity index (χ4v) is 5.36. The van der Waals surface area contributed by atoms with Gasteiger partial charge in [-0.3, -0.25) is 0 Å². The predicted octanol–water partition coefficient (Wildman–Crippen LogP) is 7.62. The maximum atomic E-state index is 3.92. The maximum Gasteiger partial charge on any atom is 0.0511 e. The Kier molecular flexibility index (Phi) is 6.10. The summed E-state index contributed by atoms with van der Waals surface area (Å²) in [7, 11) is 0. The third-order valence-corrected chi connectivity index (χ3v) is 6.76. The van der Waals surface area contributed by atoms with Gasteiger partial charge in [0, 0.05) is 11.4 Å². The number of allylic oxidation sites excluding steroid dienone is 1. The molecule has 4 rings (SSSR count). The molecule has 0 aliphatic carbocycles. The number of rotatable bonds is 6. The summed E-state index contributed by atoms with van der Waals surface area (Å²) in [4.78, 5) is 1.31. The van der Waals surface area contributed by atoms with Crippen molar-refractivity contribution in [2.24, 2.45) is 5.92 Å². The zero-order valence-corrected chi connectivity index (χ0v) is 18.2. The van der Waals surface area contributed by atoms with Gasteiger partial charge in [0.1, 0.15) is 0 Å². The van der Waals surface area contributed by atoms with E-state index in [0.29, 0.717) is 5.92 Å². The molecule has 0 unspecified atom stereocenters. The van der Waals surface area contributed by atoms with Crippen LogP contribution in [0.1, 0.15) is 29.5 Å². The van der Waals surface area contributed by atoms with E-state index >= 15 is 0 Å². The molecule has 29 heavy (non-hydrogen) atoms. The van der Waals surface area contributed by atoms with E-state index in [9.17, 15) is 0 Å². The van der Waals surface area contributed by atoms with Crippen molar-refractivity contribution < 1.29 is 0 Å². The summed E-state index contributed by atoms with van der Waals surface area (Å²) in [6.45, 7) is 9.36. The van der Waals surface area contributed by atoms with E-state index in [2.05, 4.69) is 97.5 Å². The topological polar surface area (TPSA) is 3.24 Å². The van der Waals surface area contributed by atoms with Crippen LogP contribution >= 0.6 is 11.9 Å². The van der Waals surface area contributed by atoms with Crippen LogP contribution in [-0.2, 0) is 6.42 Å². The highest BCUT2D eigenvalue weighted by Crippen LogP contribution is 2.41. The van der Waals surface area contributed by atoms with Crippen molar-refractivity contribution in [2.75, 3.05) is 10.8 Å². The smallest absolute Gasteiger partial charge is 0.0511 e. The van der Waals surface area contributed by atoms with Gasteiger partial charge >= 0.3 is 0 Å². The molecule has 0 bridgehead atoms. The van der Waals surface area contributed by atoms with Crippen LogP contribution in [0, 0.1) is 19.8 Å². The molecule has 0 saturated heterocycles. The van der Waals surface area contributed by atoms with Gasteiger partial charge in [-0.25, -0.2) is 0 Å². The summed E-state index contributed by atoms with van der Waals surface area (Å²) in [6.07, 6.45) is 5.49. The molecule has 0 aromatic heterocycles. The fourth-order valence-electron chi connectivity index (χ4n) is 4.17. The van der Waals surface area contributed by atoms with Gasteiger partial charge in [-0.05, 0) is 97.0 Å². The lowest BCUT2D eigenvalue weighted by Crippen LogP contribution is -2.30. The van der Waals surface area contributed by atoms with Crippen molar-refractivity contribution in [3.63, 3.8) is 0 Å². The number of nitrogens with zero attached hydrogens (tertiary/aromatic N) is 1. The van der Waals surface area contributed by atoms with Crippen LogP contribution in [0.2, 0.25) is 0 Å². The van der Waals surface area contributed by atoms with Crippen LogP contribution in [0.25, 0.3) is 11.1 Å². The van der Waals surface area contributed by atoms with Crippen molar-refractivity contribution >= 4 is 17.6 Å². The molecule has 0 saturated carbocycles. The van der Waals surface area contributed by atoms with Gasteiger partial charge in [0.2, 0.25) is 0 Å². The molecule has 0 spiro atoms. The van der Waals surface area contributed by atoms with Crippen molar-refractivity contribution in [1.82, 2.24) is 0 Å². The molecular formula is C27H29NS. The minimum absolute atomic E-state index is 0.669. The first-order valence-electron chi connectivity index (χ1n) is 10.5. The quantitative estimate of drug-likeness (QED) is 0.310. The Bertz CT molecular complexity index is 1010. The predicted molar refractivity (Wildman–Crippen MR) is 128 cm³/mol. The zero-order valence-electron chi connectivity index (χ0n) is 17.4. The van der Waals surface area contributed by atoms with E-state index in [1.54, 1.807) is 0 Å². The number of anilines is 1. The van der Waals surface area contributed by atoms with E-state index in [-0.39, 0.29) is 0 Å². The summed E-state index contributed by atoms with van der Waals surface area (Å²) in [5.41, 5.74) is 8.09. The van der Waals surface area contributed by atoms with Gasteiger partial charge in [-0.15, -0.1) is 6.58 Å². The lowest BCUT2D eigenvalue weighted by Gasteiger charge is -2.35. The highest BCUT2D eigenvalue weighted by atomic mass is 32.2. The van der Waals surface area contributed by atoms with Gasteiger partial charge < -0.3 is 4.31 Å². The molecule has 1 atom stereocenters. The van der Waals surface area contributed by atoms with E-state index in [4.69, 9.17) is 0 Å². The summed E-state index contributed by atoms with van der Waals surface area (Å²) in [5, 5.41) is 0. The molecule has 1 nitrogen and oxygen atoms in total. The minimum Gasteiger partial charge on any atom is -0.312 e. The van der Waals surface area contributed by atoms with E-state index in [0.717, 1.165) is 19.4 Å². The van der Waals surface area contributed by atoms with Crippen molar-refractivity contribution in [1.29, 1.82) is 0 Å². The Morgan fingerprint density at radius 2 is 1.90 bits per heavy atom. The number of aryl methyl sites for hydroxylation is 2. The van der Waals surface area contributed by atoms with Crippen LogP contribution < -0.4 is 4.31 Å². The fraction of sp³-hybridized carbons (Fsp3) is 0.259. The van der Waals surface area contributed by atoms with Crippen LogP contribution in [-0.4, -0.2) is 6.54 Å². The first-order chi connectivity index (χ1) is 14.1. The molecule has 0 amide bonds. The van der Waals surface area contributed by atoms with Crippen LogP contribution in [0.3, 0.4) is 0 Å². The molecular weight excluding hydrogens is 370 g/mol. The lowest BCUT2D eigenvalue weighted by molar-refractivity contribution is 0.488. The Morgan fingerprint density at radius 1 is 1.03 bits per heavy atom. The van der Waals surface area contributed by atoms with E-state index in [1.807, 2.05) is 11.9 Å². The van der Waals surface area contributed by atoms with Crippen molar-refractivity contribution in [2.45, 2.75) is 38.0 Å². The molecule has 1 heterocycles. The Balaban J connectivity index is 1.70. The second-order valence-corrected chi connectivity index (χ2v) is 9.16. The summed E-state index contributed by atoms with van der Waals surface area (Å²) < 4.78 is 2.52. The maximum absolute atomic E-state index is 3.92. The highest BCUT2D eigenvalue weighted by molar-refractivity contribution is 8.00. The number of fused-ring (bicyclic) bond motifs is 1. The third kappa shape index (κ3) is 4.59. The lowest BCUT2D eigenvalue weighted by atomic mass is 9.88. The van der Waals surface area contributed by atoms with Gasteiger partial charge in [0.25, 0.3) is 0 Å². The molecule has 0 N–H and O–H groups in total. The number of hydrogen-bond donors (Lipinski definition) is 0. The Labute approximate surface area is 179 Å². The molecule has 0 radical (unpaired) electrons. The summed E-state index contributed by atoms with van der Waals surface area (Å²) >= 11 is 1.87. The van der Waals surface area contributed by atoms with Gasteiger partial charge in [0.15, 0.2) is 0 Å². The van der Waals surface area contributed by atoms with Gasteiger partial charge in [-0.2, -0.15) is 0 Å². The monoisotopic (exact) mass is 399 g/mol. The molecule has 1 aliphatic heterocycles. The van der Waals surface area contributed by atoms with Crippen LogP contribution in [0.4, 0.5) is 5.69 Å². The van der Waals surface area contributed by atoms with Crippen LogP contribution in [0.5, 0.6) is 0 Å². The zero-order chi connectivity index (χ0) is 20.2. The SMILES string of the molecule is C=CCC[C@@H]1Cc2ccc(-c3ccccc3C)cc2N(Sc2cccc(C)c2)C1. The second kappa shape index (κ2) is 8.92.